The monoisotopic (exact) mass is 349 g/mol. The summed E-state index contributed by atoms with van der Waals surface area (Å²) < 4.78 is 0. The molecule has 25 heavy (non-hydrogen) atoms. The van der Waals surface area contributed by atoms with E-state index in [1.807, 2.05) is 23.6 Å². The van der Waals surface area contributed by atoms with Crippen LogP contribution in [0, 0.1) is 0 Å². The Morgan fingerprint density at radius 1 is 0.960 bits per heavy atom. The van der Waals surface area contributed by atoms with Crippen molar-refractivity contribution in [2.75, 3.05) is 18.0 Å². The number of aromatic nitrogens is 1. The van der Waals surface area contributed by atoms with Crippen molar-refractivity contribution in [3.05, 3.63) is 71.7 Å². The average molecular weight is 350 g/mol. The lowest BCUT2D eigenvalue weighted by Crippen LogP contribution is -2.42. The minimum atomic E-state index is 0.599. The van der Waals surface area contributed by atoms with E-state index in [9.17, 15) is 0 Å². The van der Waals surface area contributed by atoms with E-state index >= 15 is 0 Å². The minimum Gasteiger partial charge on any atom is -0.357 e. The molecule has 0 spiro atoms. The fraction of sp³-hybridized carbons (Fsp3) is 0.286. The van der Waals surface area contributed by atoms with Gasteiger partial charge in [0.1, 0.15) is 5.82 Å². The lowest BCUT2D eigenvalue weighted by molar-refractivity contribution is 0.414. The quantitative estimate of drug-likeness (QED) is 0.731. The average Bonchev–Trinajstić information content (AvgIpc) is 3.17. The van der Waals surface area contributed by atoms with Crippen LogP contribution in [-0.4, -0.2) is 24.1 Å². The van der Waals surface area contributed by atoms with E-state index in [1.165, 1.54) is 28.2 Å². The Kier molecular flexibility index (Phi) is 5.09. The van der Waals surface area contributed by atoms with Gasteiger partial charge in [-0.05, 0) is 42.7 Å². The van der Waals surface area contributed by atoms with Gasteiger partial charge in [-0.15, -0.1) is 11.3 Å². The van der Waals surface area contributed by atoms with Gasteiger partial charge in [0.2, 0.25) is 0 Å². The number of hydrogen-bond acceptors (Lipinski definition) is 4. The second kappa shape index (κ2) is 7.81. The highest BCUT2D eigenvalue weighted by atomic mass is 32.1. The van der Waals surface area contributed by atoms with Gasteiger partial charge in [-0.1, -0.05) is 36.4 Å². The molecule has 4 heteroatoms. The molecule has 1 aliphatic rings. The van der Waals surface area contributed by atoms with Crippen molar-refractivity contribution in [3.63, 3.8) is 0 Å². The second-order valence-electron chi connectivity index (χ2n) is 6.46. The van der Waals surface area contributed by atoms with Crippen molar-refractivity contribution in [1.29, 1.82) is 0 Å². The van der Waals surface area contributed by atoms with Gasteiger partial charge >= 0.3 is 0 Å². The van der Waals surface area contributed by atoms with Gasteiger partial charge < -0.3 is 10.2 Å². The lowest BCUT2D eigenvalue weighted by Gasteiger charge is -2.33. The zero-order chi connectivity index (χ0) is 16.9. The van der Waals surface area contributed by atoms with Crippen molar-refractivity contribution >= 4 is 17.2 Å². The zero-order valence-corrected chi connectivity index (χ0v) is 15.1. The molecule has 1 saturated heterocycles. The molecule has 1 aromatic carbocycles. The maximum atomic E-state index is 4.46. The summed E-state index contributed by atoms with van der Waals surface area (Å²) in [6, 6.07) is 21.8. The molecule has 3 aromatic rings. The van der Waals surface area contributed by atoms with Gasteiger partial charge in [0.25, 0.3) is 0 Å². The number of hydrogen-bond donors (Lipinski definition) is 1. The van der Waals surface area contributed by atoms with E-state index in [4.69, 9.17) is 0 Å². The first-order valence-corrected chi connectivity index (χ1v) is 9.73. The number of nitrogens with zero attached hydrogens (tertiary/aromatic N) is 2. The third kappa shape index (κ3) is 4.09. The van der Waals surface area contributed by atoms with E-state index in [2.05, 4.69) is 69.8 Å². The van der Waals surface area contributed by atoms with Crippen LogP contribution in [0.5, 0.6) is 0 Å². The fourth-order valence-electron chi connectivity index (χ4n) is 3.33. The Bertz CT molecular complexity index is 777. The fourth-order valence-corrected chi connectivity index (χ4v) is 4.29. The Morgan fingerprint density at radius 2 is 1.76 bits per heavy atom. The molecule has 1 aliphatic heterocycles. The van der Waals surface area contributed by atoms with Crippen molar-refractivity contribution in [2.45, 2.75) is 25.4 Å². The van der Waals surface area contributed by atoms with Gasteiger partial charge in [0.05, 0.1) is 0 Å². The lowest BCUT2D eigenvalue weighted by atomic mass is 10.1. The van der Waals surface area contributed by atoms with Crippen LogP contribution in [0.3, 0.4) is 0 Å². The largest absolute Gasteiger partial charge is 0.357 e. The van der Waals surface area contributed by atoms with Gasteiger partial charge in [-0.3, -0.25) is 0 Å². The summed E-state index contributed by atoms with van der Waals surface area (Å²) in [4.78, 5) is 9.60. The molecule has 0 unspecified atom stereocenters. The highest BCUT2D eigenvalue weighted by Gasteiger charge is 2.19. The number of anilines is 1. The number of benzene rings is 1. The van der Waals surface area contributed by atoms with Crippen LogP contribution in [0.1, 0.15) is 17.7 Å². The van der Waals surface area contributed by atoms with Crippen LogP contribution < -0.4 is 10.2 Å². The molecule has 2 aromatic heterocycles. The van der Waals surface area contributed by atoms with Crippen LogP contribution in [0.15, 0.2) is 66.9 Å². The maximum absolute atomic E-state index is 4.46. The third-order valence-corrected chi connectivity index (χ3v) is 5.89. The normalized spacial score (nSPS) is 15.4. The Labute approximate surface area is 153 Å². The summed E-state index contributed by atoms with van der Waals surface area (Å²) in [7, 11) is 0. The standard InChI is InChI=1S/C21H23N3S/c1-2-6-17(7-3-1)20-10-9-19(25-20)16-23-18-11-14-24(15-12-18)21-8-4-5-13-22-21/h1-10,13,18,23H,11-12,14-16H2. The zero-order valence-electron chi connectivity index (χ0n) is 14.3. The highest BCUT2D eigenvalue weighted by Crippen LogP contribution is 2.28. The summed E-state index contributed by atoms with van der Waals surface area (Å²) >= 11 is 1.89. The Balaban J connectivity index is 1.28. The molecule has 3 heterocycles. The van der Waals surface area contributed by atoms with Gasteiger partial charge in [-0.2, -0.15) is 0 Å². The Hall–Kier alpha value is -2.17. The van der Waals surface area contributed by atoms with Crippen LogP contribution in [0.2, 0.25) is 0 Å². The summed E-state index contributed by atoms with van der Waals surface area (Å²) in [6.45, 7) is 3.12. The molecule has 0 saturated carbocycles. The van der Waals surface area contributed by atoms with Crippen LogP contribution in [0.4, 0.5) is 5.82 Å². The Morgan fingerprint density at radius 3 is 2.52 bits per heavy atom. The van der Waals surface area contributed by atoms with E-state index in [1.54, 1.807) is 0 Å². The van der Waals surface area contributed by atoms with E-state index < -0.39 is 0 Å². The number of piperidine rings is 1. The van der Waals surface area contributed by atoms with Crippen LogP contribution in [0.25, 0.3) is 10.4 Å². The topological polar surface area (TPSA) is 28.2 Å². The molecule has 0 aliphatic carbocycles. The van der Waals surface area contributed by atoms with Crippen molar-refractivity contribution < 1.29 is 0 Å². The summed E-state index contributed by atoms with van der Waals surface area (Å²) in [5, 5.41) is 3.74. The smallest absolute Gasteiger partial charge is 0.128 e. The molecule has 0 bridgehead atoms. The molecule has 128 valence electrons. The number of thiophene rings is 1. The molecule has 0 atom stereocenters. The van der Waals surface area contributed by atoms with Crippen molar-refractivity contribution in [3.8, 4) is 10.4 Å². The molecule has 0 amide bonds. The van der Waals surface area contributed by atoms with Crippen LogP contribution in [-0.2, 0) is 6.54 Å². The minimum absolute atomic E-state index is 0.599. The predicted molar refractivity (Wildman–Crippen MR) is 106 cm³/mol. The van der Waals surface area contributed by atoms with Crippen LogP contribution >= 0.6 is 11.3 Å². The molecule has 1 N–H and O–H groups in total. The maximum Gasteiger partial charge on any atom is 0.128 e. The van der Waals surface area contributed by atoms with Crippen molar-refractivity contribution in [2.24, 2.45) is 0 Å². The SMILES string of the molecule is c1ccc(-c2ccc(CNC3CCN(c4ccccn4)CC3)s2)cc1. The third-order valence-electron chi connectivity index (χ3n) is 4.75. The van der Waals surface area contributed by atoms with Gasteiger partial charge in [0, 0.05) is 41.6 Å². The molecule has 0 radical (unpaired) electrons. The van der Waals surface area contributed by atoms with Gasteiger partial charge in [-0.25, -0.2) is 4.98 Å². The molecular formula is C21H23N3S. The first-order valence-electron chi connectivity index (χ1n) is 8.92. The second-order valence-corrected chi connectivity index (χ2v) is 7.63. The molecule has 3 nitrogen and oxygen atoms in total. The molecular weight excluding hydrogens is 326 g/mol. The first kappa shape index (κ1) is 16.3. The number of pyridine rings is 1. The predicted octanol–water partition coefficient (Wildman–Crippen LogP) is 4.57. The first-order chi connectivity index (χ1) is 12.4. The summed E-state index contributed by atoms with van der Waals surface area (Å²) in [5.41, 5.74) is 1.31. The van der Waals surface area contributed by atoms with E-state index in [-0.39, 0.29) is 0 Å². The molecule has 1 fully saturated rings. The van der Waals surface area contributed by atoms with Gasteiger partial charge in [0.15, 0.2) is 0 Å². The van der Waals surface area contributed by atoms with E-state index in [0.717, 1.165) is 25.5 Å². The summed E-state index contributed by atoms with van der Waals surface area (Å²) in [5.74, 6) is 1.10. The van der Waals surface area contributed by atoms with Crippen molar-refractivity contribution in [1.82, 2.24) is 10.3 Å². The number of rotatable bonds is 5. The summed E-state index contributed by atoms with van der Waals surface area (Å²) in [6.07, 6.45) is 4.22. The van der Waals surface area contributed by atoms with E-state index in [0.29, 0.717) is 6.04 Å². The molecule has 4 rings (SSSR count). The number of nitrogens with one attached hydrogen (secondary N) is 1. The highest BCUT2D eigenvalue weighted by molar-refractivity contribution is 7.15.